The topological polar surface area (TPSA) is 75.0 Å². The number of benzene rings is 2. The maximum absolute atomic E-state index is 12.3. The number of nitrogens with one attached hydrogen (secondary N) is 1. The minimum Gasteiger partial charge on any atom is -0.487 e. The lowest BCUT2D eigenvalue weighted by molar-refractivity contribution is -0.112. The number of hydrogen-bond acceptors (Lipinski definition) is 5. The molecule has 0 spiro atoms. The lowest BCUT2D eigenvalue weighted by atomic mass is 10.1. The van der Waals surface area contributed by atoms with Gasteiger partial charge in [0, 0.05) is 11.1 Å². The molecule has 0 unspecified atom stereocenters. The molecular formula is C22H19N3O2S. The zero-order valence-electron chi connectivity index (χ0n) is 15.6. The van der Waals surface area contributed by atoms with E-state index in [-0.39, 0.29) is 5.57 Å². The van der Waals surface area contributed by atoms with Crippen molar-refractivity contribution in [1.29, 1.82) is 5.26 Å². The minimum atomic E-state index is -0.439. The van der Waals surface area contributed by atoms with Crippen molar-refractivity contribution >= 4 is 29.0 Å². The molecule has 1 aromatic heterocycles. The van der Waals surface area contributed by atoms with E-state index in [1.54, 1.807) is 53.8 Å². The van der Waals surface area contributed by atoms with Crippen LogP contribution in [0, 0.1) is 25.2 Å². The Hall–Kier alpha value is -3.43. The summed E-state index contributed by atoms with van der Waals surface area (Å²) in [5.41, 5.74) is 3.42. The quantitative estimate of drug-likeness (QED) is 0.481. The highest BCUT2D eigenvalue weighted by Gasteiger charge is 2.09. The Morgan fingerprint density at radius 1 is 1.18 bits per heavy atom. The molecule has 0 aliphatic carbocycles. The van der Waals surface area contributed by atoms with Crippen molar-refractivity contribution < 1.29 is 9.53 Å². The van der Waals surface area contributed by atoms with E-state index >= 15 is 0 Å². The average Bonchev–Trinajstić information content (AvgIpc) is 3.12. The first-order valence-electron chi connectivity index (χ1n) is 8.67. The van der Waals surface area contributed by atoms with Crippen LogP contribution in [0.25, 0.3) is 6.08 Å². The zero-order chi connectivity index (χ0) is 19.9. The van der Waals surface area contributed by atoms with Crippen molar-refractivity contribution in [2.75, 3.05) is 5.32 Å². The molecule has 6 heteroatoms. The third kappa shape index (κ3) is 5.29. The summed E-state index contributed by atoms with van der Waals surface area (Å²) >= 11 is 1.59. The number of anilines is 1. The number of hydrogen-bond donors (Lipinski definition) is 1. The molecule has 1 amide bonds. The molecule has 3 aromatic rings. The van der Waals surface area contributed by atoms with Gasteiger partial charge in [-0.05, 0) is 49.8 Å². The number of nitrogens with zero attached hydrogens (tertiary/aromatic N) is 2. The van der Waals surface area contributed by atoms with Gasteiger partial charge in [0.05, 0.1) is 10.7 Å². The van der Waals surface area contributed by atoms with Gasteiger partial charge >= 0.3 is 0 Å². The van der Waals surface area contributed by atoms with Crippen LogP contribution in [-0.4, -0.2) is 10.9 Å². The molecule has 0 fully saturated rings. The number of carbonyl (C=O) groups is 1. The highest BCUT2D eigenvalue weighted by molar-refractivity contribution is 7.09. The Balaban J connectivity index is 1.64. The van der Waals surface area contributed by atoms with Gasteiger partial charge in [-0.2, -0.15) is 5.26 Å². The van der Waals surface area contributed by atoms with Crippen LogP contribution >= 0.6 is 11.3 Å². The van der Waals surface area contributed by atoms with Gasteiger partial charge in [-0.25, -0.2) is 4.98 Å². The maximum atomic E-state index is 12.3. The van der Waals surface area contributed by atoms with Crippen molar-refractivity contribution in [3.8, 4) is 11.8 Å². The smallest absolute Gasteiger partial charge is 0.266 e. The molecule has 0 bridgehead atoms. The molecule has 0 aliphatic rings. The van der Waals surface area contributed by atoms with Crippen LogP contribution in [0.5, 0.6) is 5.75 Å². The van der Waals surface area contributed by atoms with E-state index in [2.05, 4.69) is 10.3 Å². The zero-order valence-corrected chi connectivity index (χ0v) is 16.4. The summed E-state index contributed by atoms with van der Waals surface area (Å²) in [5, 5.41) is 15.0. The van der Waals surface area contributed by atoms with Gasteiger partial charge in [0.25, 0.3) is 5.91 Å². The highest BCUT2D eigenvalue weighted by atomic mass is 32.1. The monoisotopic (exact) mass is 389 g/mol. The van der Waals surface area contributed by atoms with Crippen LogP contribution in [0.3, 0.4) is 0 Å². The Bertz CT molecular complexity index is 1030. The molecule has 0 radical (unpaired) electrons. The third-order valence-corrected chi connectivity index (χ3v) is 4.74. The highest BCUT2D eigenvalue weighted by Crippen LogP contribution is 2.18. The Kier molecular flexibility index (Phi) is 6.20. The van der Waals surface area contributed by atoms with Crippen LogP contribution < -0.4 is 10.1 Å². The van der Waals surface area contributed by atoms with Crippen molar-refractivity contribution in [2.45, 2.75) is 20.5 Å². The summed E-state index contributed by atoms with van der Waals surface area (Å²) in [6.07, 6.45) is 1.55. The fraction of sp³-hybridized carbons (Fsp3) is 0.136. The van der Waals surface area contributed by atoms with E-state index < -0.39 is 5.91 Å². The molecule has 0 aliphatic heterocycles. The predicted octanol–water partition coefficient (Wildman–Crippen LogP) is 4.88. The fourth-order valence-electron chi connectivity index (χ4n) is 2.44. The largest absolute Gasteiger partial charge is 0.487 e. The minimum absolute atomic E-state index is 0.0344. The Morgan fingerprint density at radius 2 is 1.89 bits per heavy atom. The molecule has 140 valence electrons. The molecule has 0 saturated heterocycles. The van der Waals surface area contributed by atoms with Crippen molar-refractivity contribution in [1.82, 2.24) is 4.98 Å². The van der Waals surface area contributed by atoms with Crippen molar-refractivity contribution in [3.63, 3.8) is 0 Å². The average molecular weight is 389 g/mol. The predicted molar refractivity (Wildman–Crippen MR) is 111 cm³/mol. The second-order valence-electron chi connectivity index (χ2n) is 6.21. The summed E-state index contributed by atoms with van der Waals surface area (Å²) in [4.78, 5) is 16.7. The normalized spacial score (nSPS) is 11.0. The van der Waals surface area contributed by atoms with Gasteiger partial charge in [-0.1, -0.05) is 29.8 Å². The summed E-state index contributed by atoms with van der Waals surface area (Å²) in [7, 11) is 0. The van der Waals surface area contributed by atoms with Gasteiger partial charge < -0.3 is 10.1 Å². The number of rotatable bonds is 6. The van der Waals surface area contributed by atoms with E-state index in [0.717, 1.165) is 21.8 Å². The molecule has 3 rings (SSSR count). The van der Waals surface area contributed by atoms with Crippen molar-refractivity contribution in [2.24, 2.45) is 0 Å². The molecule has 5 nitrogen and oxygen atoms in total. The molecular weight excluding hydrogens is 370 g/mol. The number of amides is 1. The molecule has 0 saturated carbocycles. The first kappa shape index (κ1) is 19.3. The van der Waals surface area contributed by atoms with Crippen LogP contribution in [0.2, 0.25) is 0 Å². The third-order valence-electron chi connectivity index (χ3n) is 3.92. The van der Waals surface area contributed by atoms with Crippen LogP contribution in [0.1, 0.15) is 21.8 Å². The van der Waals surface area contributed by atoms with Gasteiger partial charge in [-0.15, -0.1) is 11.3 Å². The van der Waals surface area contributed by atoms with E-state index in [1.165, 1.54) is 0 Å². The fourth-order valence-corrected chi connectivity index (χ4v) is 3.04. The molecule has 1 heterocycles. The lowest BCUT2D eigenvalue weighted by Gasteiger charge is -2.06. The van der Waals surface area contributed by atoms with E-state index in [9.17, 15) is 10.1 Å². The molecule has 2 aromatic carbocycles. The summed E-state index contributed by atoms with van der Waals surface area (Å²) in [6, 6.07) is 16.6. The Labute approximate surface area is 167 Å². The van der Waals surface area contributed by atoms with Crippen molar-refractivity contribution in [3.05, 3.63) is 81.3 Å². The second kappa shape index (κ2) is 8.98. The van der Waals surface area contributed by atoms with Gasteiger partial charge in [0.1, 0.15) is 24.0 Å². The van der Waals surface area contributed by atoms with Crippen LogP contribution in [0.4, 0.5) is 5.69 Å². The van der Waals surface area contributed by atoms with Crippen LogP contribution in [0.15, 0.2) is 59.5 Å². The number of thiazole rings is 1. The van der Waals surface area contributed by atoms with Gasteiger partial charge in [0.2, 0.25) is 0 Å². The van der Waals surface area contributed by atoms with E-state index in [4.69, 9.17) is 4.74 Å². The van der Waals surface area contributed by atoms with E-state index in [1.807, 2.05) is 37.4 Å². The SMILES string of the molecule is Cc1ccc(NC(=O)/C(C#N)=C/c2ccc(OCc3csc(C)n3)cc2)cc1. The summed E-state index contributed by atoms with van der Waals surface area (Å²) < 4.78 is 5.71. The maximum Gasteiger partial charge on any atom is 0.266 e. The number of ether oxygens (including phenoxy) is 1. The summed E-state index contributed by atoms with van der Waals surface area (Å²) in [5.74, 6) is 0.260. The molecule has 28 heavy (non-hydrogen) atoms. The molecule has 0 atom stereocenters. The van der Waals surface area contributed by atoms with E-state index in [0.29, 0.717) is 18.0 Å². The Morgan fingerprint density at radius 3 is 2.50 bits per heavy atom. The number of aromatic nitrogens is 1. The standard InChI is InChI=1S/C22H19N3O2S/c1-15-3-7-19(8-4-15)25-22(26)18(12-23)11-17-5-9-21(10-6-17)27-13-20-14-28-16(2)24-20/h3-11,14H,13H2,1-2H3,(H,25,26)/b18-11+. The molecule has 1 N–H and O–H groups in total. The lowest BCUT2D eigenvalue weighted by Crippen LogP contribution is -2.13. The van der Waals surface area contributed by atoms with Gasteiger partial charge in [-0.3, -0.25) is 4.79 Å². The number of nitriles is 1. The van der Waals surface area contributed by atoms with Crippen LogP contribution in [-0.2, 0) is 11.4 Å². The number of aryl methyl sites for hydroxylation is 2. The first-order chi connectivity index (χ1) is 13.5. The summed E-state index contributed by atoms with van der Waals surface area (Å²) in [6.45, 7) is 4.33. The number of carbonyl (C=O) groups excluding carboxylic acids is 1. The van der Waals surface area contributed by atoms with Gasteiger partial charge in [0.15, 0.2) is 0 Å². The first-order valence-corrected chi connectivity index (χ1v) is 9.55. The second-order valence-corrected chi connectivity index (χ2v) is 7.27.